The van der Waals surface area contributed by atoms with E-state index in [0.29, 0.717) is 0 Å². The van der Waals surface area contributed by atoms with Gasteiger partial charge in [-0.3, -0.25) is 0 Å². The molecule has 2 rings (SSSR count). The van der Waals surface area contributed by atoms with E-state index in [1.165, 1.54) is 16.1 Å². The van der Waals surface area contributed by atoms with Crippen LogP contribution in [0, 0.1) is 6.92 Å². The van der Waals surface area contributed by atoms with Crippen molar-refractivity contribution >= 4 is 17.0 Å². The van der Waals surface area contributed by atoms with Crippen LogP contribution in [-0.4, -0.2) is 14.1 Å². The standard InChI is InChI=1S/C14H18N2S/c1-10-7-12(9-17-10)14(15)11-5-4-6-13(8-11)16(2)3/h4-9,14H,15H2,1-3H3. The van der Waals surface area contributed by atoms with Gasteiger partial charge in [0.25, 0.3) is 0 Å². The van der Waals surface area contributed by atoms with Crippen molar-refractivity contribution in [3.8, 4) is 0 Å². The molecule has 1 atom stereocenters. The highest BCUT2D eigenvalue weighted by Crippen LogP contribution is 2.26. The summed E-state index contributed by atoms with van der Waals surface area (Å²) in [5.74, 6) is 0. The molecule has 2 nitrogen and oxygen atoms in total. The maximum atomic E-state index is 6.29. The first kappa shape index (κ1) is 12.1. The van der Waals surface area contributed by atoms with Crippen molar-refractivity contribution in [1.82, 2.24) is 0 Å². The molecule has 1 aromatic heterocycles. The molecule has 1 aromatic carbocycles. The summed E-state index contributed by atoms with van der Waals surface area (Å²) in [6, 6.07) is 10.5. The topological polar surface area (TPSA) is 29.3 Å². The molecule has 1 unspecified atom stereocenters. The molecule has 0 saturated heterocycles. The summed E-state index contributed by atoms with van der Waals surface area (Å²) >= 11 is 1.75. The molecule has 3 heteroatoms. The van der Waals surface area contributed by atoms with Gasteiger partial charge in [0.1, 0.15) is 0 Å². The molecule has 0 amide bonds. The second kappa shape index (κ2) is 4.90. The number of hydrogen-bond donors (Lipinski definition) is 1. The van der Waals surface area contributed by atoms with E-state index in [9.17, 15) is 0 Å². The molecule has 2 N–H and O–H groups in total. The highest BCUT2D eigenvalue weighted by atomic mass is 32.1. The Morgan fingerprint density at radius 3 is 2.53 bits per heavy atom. The van der Waals surface area contributed by atoms with Gasteiger partial charge in [-0.25, -0.2) is 0 Å². The number of rotatable bonds is 3. The Morgan fingerprint density at radius 1 is 1.18 bits per heavy atom. The van der Waals surface area contributed by atoms with E-state index in [0.717, 1.165) is 5.56 Å². The average Bonchev–Trinajstić information content (AvgIpc) is 2.75. The van der Waals surface area contributed by atoms with Gasteiger partial charge in [-0.2, -0.15) is 0 Å². The second-order valence-electron chi connectivity index (χ2n) is 4.46. The van der Waals surface area contributed by atoms with Crippen molar-refractivity contribution in [2.75, 3.05) is 19.0 Å². The molecule has 0 spiro atoms. The fourth-order valence-electron chi connectivity index (χ4n) is 1.82. The predicted octanol–water partition coefficient (Wildman–Crippen LogP) is 3.17. The quantitative estimate of drug-likeness (QED) is 0.901. The number of nitrogens with two attached hydrogens (primary N) is 1. The molecule has 90 valence electrons. The van der Waals surface area contributed by atoms with Crippen molar-refractivity contribution in [2.45, 2.75) is 13.0 Å². The number of aryl methyl sites for hydroxylation is 1. The third-order valence-electron chi connectivity index (χ3n) is 2.86. The molecule has 0 aliphatic rings. The van der Waals surface area contributed by atoms with Crippen molar-refractivity contribution in [3.63, 3.8) is 0 Å². The van der Waals surface area contributed by atoms with Gasteiger partial charge in [-0.1, -0.05) is 12.1 Å². The van der Waals surface area contributed by atoms with Crippen LogP contribution < -0.4 is 10.6 Å². The van der Waals surface area contributed by atoms with E-state index in [4.69, 9.17) is 5.73 Å². The van der Waals surface area contributed by atoms with Crippen LogP contribution in [0.1, 0.15) is 22.0 Å². The zero-order valence-electron chi connectivity index (χ0n) is 10.5. The van der Waals surface area contributed by atoms with Crippen molar-refractivity contribution in [3.05, 3.63) is 51.7 Å². The van der Waals surface area contributed by atoms with Crippen LogP contribution in [0.3, 0.4) is 0 Å². The van der Waals surface area contributed by atoms with Gasteiger partial charge in [0, 0.05) is 24.7 Å². The maximum absolute atomic E-state index is 6.29. The summed E-state index contributed by atoms with van der Waals surface area (Å²) in [5.41, 5.74) is 9.83. The van der Waals surface area contributed by atoms with Crippen molar-refractivity contribution < 1.29 is 0 Å². The summed E-state index contributed by atoms with van der Waals surface area (Å²) in [7, 11) is 4.08. The molecule has 1 heterocycles. The molecular formula is C14H18N2S. The normalized spacial score (nSPS) is 12.5. The van der Waals surface area contributed by atoms with Gasteiger partial charge in [-0.15, -0.1) is 11.3 Å². The summed E-state index contributed by atoms with van der Waals surface area (Å²) < 4.78 is 0. The Kier molecular flexibility index (Phi) is 3.50. The number of thiophene rings is 1. The fraction of sp³-hybridized carbons (Fsp3) is 0.286. The first-order chi connectivity index (χ1) is 8.08. The lowest BCUT2D eigenvalue weighted by molar-refractivity contribution is 0.874. The van der Waals surface area contributed by atoms with E-state index < -0.39 is 0 Å². The van der Waals surface area contributed by atoms with Gasteiger partial charge < -0.3 is 10.6 Å². The Balaban J connectivity index is 2.30. The highest BCUT2D eigenvalue weighted by molar-refractivity contribution is 7.10. The number of benzene rings is 1. The van der Waals surface area contributed by atoms with Crippen LogP contribution in [0.5, 0.6) is 0 Å². The molecule has 2 aromatic rings. The second-order valence-corrected chi connectivity index (χ2v) is 5.57. The molecule has 0 saturated carbocycles. The largest absolute Gasteiger partial charge is 0.378 e. The predicted molar refractivity (Wildman–Crippen MR) is 75.9 cm³/mol. The molecule has 0 aliphatic carbocycles. The van der Waals surface area contributed by atoms with Gasteiger partial charge in [0.2, 0.25) is 0 Å². The monoisotopic (exact) mass is 246 g/mol. The Hall–Kier alpha value is -1.32. The lowest BCUT2D eigenvalue weighted by Crippen LogP contribution is -2.13. The van der Waals surface area contributed by atoms with E-state index in [1.807, 2.05) is 14.1 Å². The van der Waals surface area contributed by atoms with E-state index in [-0.39, 0.29) is 6.04 Å². The van der Waals surface area contributed by atoms with Gasteiger partial charge in [0.05, 0.1) is 6.04 Å². The van der Waals surface area contributed by atoms with Crippen molar-refractivity contribution in [2.24, 2.45) is 5.73 Å². The van der Waals surface area contributed by atoms with Crippen LogP contribution in [0.2, 0.25) is 0 Å². The minimum atomic E-state index is -0.0279. The summed E-state index contributed by atoms with van der Waals surface area (Å²) in [6.45, 7) is 2.11. The SMILES string of the molecule is Cc1cc(C(N)c2cccc(N(C)C)c2)cs1. The first-order valence-electron chi connectivity index (χ1n) is 5.66. The Morgan fingerprint density at radius 2 is 1.94 bits per heavy atom. The Bertz CT molecular complexity index is 502. The molecule has 0 aliphatic heterocycles. The number of anilines is 1. The Labute approximate surface area is 107 Å². The zero-order chi connectivity index (χ0) is 12.4. The smallest absolute Gasteiger partial charge is 0.0560 e. The number of hydrogen-bond acceptors (Lipinski definition) is 3. The fourth-order valence-corrected chi connectivity index (χ4v) is 2.56. The molecule has 0 bridgehead atoms. The molecule has 0 radical (unpaired) electrons. The maximum Gasteiger partial charge on any atom is 0.0560 e. The van der Waals surface area contributed by atoms with Gasteiger partial charge in [0.15, 0.2) is 0 Å². The zero-order valence-corrected chi connectivity index (χ0v) is 11.3. The molecular weight excluding hydrogens is 228 g/mol. The third kappa shape index (κ3) is 2.68. The lowest BCUT2D eigenvalue weighted by atomic mass is 10.0. The van der Waals surface area contributed by atoms with E-state index in [1.54, 1.807) is 11.3 Å². The summed E-state index contributed by atoms with van der Waals surface area (Å²) in [4.78, 5) is 3.40. The van der Waals surface area contributed by atoms with Gasteiger partial charge in [-0.05, 0) is 41.6 Å². The van der Waals surface area contributed by atoms with Crippen LogP contribution >= 0.6 is 11.3 Å². The van der Waals surface area contributed by atoms with Crippen LogP contribution in [-0.2, 0) is 0 Å². The van der Waals surface area contributed by atoms with E-state index >= 15 is 0 Å². The van der Waals surface area contributed by atoms with Crippen LogP contribution in [0.15, 0.2) is 35.7 Å². The highest BCUT2D eigenvalue weighted by Gasteiger charge is 2.11. The molecule has 0 fully saturated rings. The van der Waals surface area contributed by atoms with Crippen LogP contribution in [0.4, 0.5) is 5.69 Å². The van der Waals surface area contributed by atoms with Crippen molar-refractivity contribution in [1.29, 1.82) is 0 Å². The van der Waals surface area contributed by atoms with Crippen LogP contribution in [0.25, 0.3) is 0 Å². The molecule has 17 heavy (non-hydrogen) atoms. The van der Waals surface area contributed by atoms with Gasteiger partial charge >= 0.3 is 0 Å². The lowest BCUT2D eigenvalue weighted by Gasteiger charge is -2.16. The van der Waals surface area contributed by atoms with E-state index in [2.05, 4.69) is 47.5 Å². The number of nitrogens with zero attached hydrogens (tertiary/aromatic N) is 1. The minimum absolute atomic E-state index is 0.0279. The summed E-state index contributed by atoms with van der Waals surface area (Å²) in [5, 5.41) is 2.14. The first-order valence-corrected chi connectivity index (χ1v) is 6.54. The average molecular weight is 246 g/mol. The third-order valence-corrected chi connectivity index (χ3v) is 3.74. The summed E-state index contributed by atoms with van der Waals surface area (Å²) in [6.07, 6.45) is 0. The minimum Gasteiger partial charge on any atom is -0.378 e.